The van der Waals surface area contributed by atoms with Crippen molar-refractivity contribution in [3.8, 4) is 0 Å². The highest BCUT2D eigenvalue weighted by Gasteiger charge is 1.97. The number of hydrogen-bond donors (Lipinski definition) is 1. The average molecular weight is 187 g/mol. The van der Waals surface area contributed by atoms with Crippen molar-refractivity contribution in [1.82, 2.24) is 4.98 Å². The number of allylic oxidation sites excluding steroid dienone is 1. The Labute approximate surface area is 74.9 Å². The van der Waals surface area contributed by atoms with Crippen molar-refractivity contribution in [1.29, 1.82) is 0 Å². The molecule has 0 saturated carbocycles. The molecule has 0 aliphatic heterocycles. The summed E-state index contributed by atoms with van der Waals surface area (Å²) >= 11 is 5.40. The fourth-order valence-electron chi connectivity index (χ4n) is 0.771. The van der Waals surface area contributed by atoms with E-state index in [-0.39, 0.29) is 0 Å². The van der Waals surface area contributed by atoms with Crippen LogP contribution in [0.3, 0.4) is 0 Å². The molecule has 0 unspecified atom stereocenters. The van der Waals surface area contributed by atoms with E-state index in [9.17, 15) is 4.39 Å². The van der Waals surface area contributed by atoms with Gasteiger partial charge in [0.05, 0.1) is 6.20 Å². The largest absolute Gasteiger partial charge is 0.383 e. The summed E-state index contributed by atoms with van der Waals surface area (Å²) < 4.78 is 12.6. The topological polar surface area (TPSA) is 38.9 Å². The molecule has 0 saturated heterocycles. The van der Waals surface area contributed by atoms with Crippen molar-refractivity contribution in [2.24, 2.45) is 0 Å². The summed E-state index contributed by atoms with van der Waals surface area (Å²) in [6, 6.07) is 1.31. The Morgan fingerprint density at radius 2 is 2.42 bits per heavy atom. The van der Waals surface area contributed by atoms with Crippen molar-refractivity contribution in [2.75, 3.05) is 11.6 Å². The number of rotatable bonds is 2. The third-order valence-electron chi connectivity index (χ3n) is 1.30. The number of hydrogen-bond acceptors (Lipinski definition) is 2. The molecule has 0 aliphatic carbocycles. The monoisotopic (exact) mass is 186 g/mol. The second-order valence-electron chi connectivity index (χ2n) is 2.18. The molecule has 1 heterocycles. The third kappa shape index (κ3) is 2.20. The van der Waals surface area contributed by atoms with Gasteiger partial charge in [-0.15, -0.1) is 11.6 Å². The van der Waals surface area contributed by atoms with E-state index in [4.69, 9.17) is 17.3 Å². The molecule has 12 heavy (non-hydrogen) atoms. The van der Waals surface area contributed by atoms with Gasteiger partial charge in [0.2, 0.25) is 0 Å². The van der Waals surface area contributed by atoms with Gasteiger partial charge in [-0.1, -0.05) is 12.2 Å². The molecule has 4 heteroatoms. The molecule has 1 rings (SSSR count). The molecule has 0 bridgehead atoms. The second-order valence-corrected chi connectivity index (χ2v) is 2.49. The summed E-state index contributed by atoms with van der Waals surface area (Å²) in [5, 5.41) is 0. The first-order valence-electron chi connectivity index (χ1n) is 3.37. The molecule has 0 amide bonds. The highest BCUT2D eigenvalue weighted by molar-refractivity contribution is 6.19. The van der Waals surface area contributed by atoms with Crippen molar-refractivity contribution < 1.29 is 4.39 Å². The zero-order valence-corrected chi connectivity index (χ0v) is 7.05. The molecule has 0 aromatic carbocycles. The summed E-state index contributed by atoms with van der Waals surface area (Å²) in [5.74, 6) is 0.270. The number of anilines is 1. The maximum atomic E-state index is 12.6. The summed E-state index contributed by atoms with van der Waals surface area (Å²) in [6.45, 7) is 0. The van der Waals surface area contributed by atoms with Gasteiger partial charge < -0.3 is 5.73 Å². The van der Waals surface area contributed by atoms with Gasteiger partial charge in [0.1, 0.15) is 11.6 Å². The van der Waals surface area contributed by atoms with E-state index in [1.165, 1.54) is 6.07 Å². The number of pyridine rings is 1. The van der Waals surface area contributed by atoms with Gasteiger partial charge in [0, 0.05) is 11.4 Å². The van der Waals surface area contributed by atoms with Crippen LogP contribution >= 0.6 is 11.6 Å². The minimum atomic E-state index is -0.404. The zero-order valence-electron chi connectivity index (χ0n) is 6.30. The Morgan fingerprint density at radius 3 is 3.08 bits per heavy atom. The van der Waals surface area contributed by atoms with Crippen LogP contribution in [0.4, 0.5) is 10.2 Å². The summed E-state index contributed by atoms with van der Waals surface area (Å²) in [4.78, 5) is 3.64. The lowest BCUT2D eigenvalue weighted by atomic mass is 10.2. The molecule has 0 atom stereocenters. The molecular weight excluding hydrogens is 179 g/mol. The van der Waals surface area contributed by atoms with Crippen LogP contribution in [0.15, 0.2) is 18.3 Å². The quantitative estimate of drug-likeness (QED) is 0.718. The number of nitrogen functional groups attached to an aromatic ring is 1. The Balaban J connectivity index is 2.97. The van der Waals surface area contributed by atoms with Crippen LogP contribution in [-0.2, 0) is 0 Å². The van der Waals surface area contributed by atoms with Gasteiger partial charge in [-0.25, -0.2) is 9.37 Å². The number of alkyl halides is 1. The van der Waals surface area contributed by atoms with Crippen LogP contribution in [0.2, 0.25) is 0 Å². The van der Waals surface area contributed by atoms with Crippen LogP contribution in [-0.4, -0.2) is 10.9 Å². The summed E-state index contributed by atoms with van der Waals surface area (Å²) in [5.41, 5.74) is 6.01. The summed E-state index contributed by atoms with van der Waals surface area (Å²) in [7, 11) is 0. The SMILES string of the molecule is Nc1ncc(F)cc1C=CCCl. The van der Waals surface area contributed by atoms with Crippen LogP contribution < -0.4 is 5.73 Å². The zero-order chi connectivity index (χ0) is 8.97. The average Bonchev–Trinajstić information content (AvgIpc) is 2.07. The molecule has 0 spiro atoms. The van der Waals surface area contributed by atoms with E-state index < -0.39 is 5.82 Å². The van der Waals surface area contributed by atoms with Crippen molar-refractivity contribution >= 4 is 23.5 Å². The number of nitrogens with two attached hydrogens (primary N) is 1. The smallest absolute Gasteiger partial charge is 0.142 e. The van der Waals surface area contributed by atoms with Gasteiger partial charge in [0.25, 0.3) is 0 Å². The fourth-order valence-corrected chi connectivity index (χ4v) is 0.860. The van der Waals surface area contributed by atoms with Gasteiger partial charge in [-0.2, -0.15) is 0 Å². The maximum Gasteiger partial charge on any atom is 0.142 e. The highest BCUT2D eigenvalue weighted by atomic mass is 35.5. The minimum absolute atomic E-state index is 0.303. The van der Waals surface area contributed by atoms with Crippen LogP contribution in [0.1, 0.15) is 5.56 Å². The Morgan fingerprint density at radius 1 is 1.67 bits per heavy atom. The first-order chi connectivity index (χ1) is 5.74. The Kier molecular flexibility index (Phi) is 3.05. The van der Waals surface area contributed by atoms with Crippen molar-refractivity contribution in [3.63, 3.8) is 0 Å². The van der Waals surface area contributed by atoms with E-state index in [2.05, 4.69) is 4.98 Å². The van der Waals surface area contributed by atoms with E-state index in [0.29, 0.717) is 17.3 Å². The normalized spacial score (nSPS) is 10.8. The van der Waals surface area contributed by atoms with Gasteiger partial charge in [-0.3, -0.25) is 0 Å². The predicted molar refractivity (Wildman–Crippen MR) is 48.4 cm³/mol. The first kappa shape index (κ1) is 9.00. The molecular formula is C8H8ClFN2. The maximum absolute atomic E-state index is 12.6. The first-order valence-corrected chi connectivity index (χ1v) is 3.91. The van der Waals surface area contributed by atoms with Gasteiger partial charge in [0.15, 0.2) is 0 Å². The fraction of sp³-hybridized carbons (Fsp3) is 0.125. The second kappa shape index (κ2) is 4.07. The van der Waals surface area contributed by atoms with E-state index in [1.54, 1.807) is 12.2 Å². The lowest BCUT2D eigenvalue weighted by molar-refractivity contribution is 0.621. The van der Waals surface area contributed by atoms with E-state index in [1.807, 2.05) is 0 Å². The van der Waals surface area contributed by atoms with E-state index >= 15 is 0 Å². The Bertz CT molecular complexity index is 299. The lowest BCUT2D eigenvalue weighted by Crippen LogP contribution is -1.94. The van der Waals surface area contributed by atoms with E-state index in [0.717, 1.165) is 6.20 Å². The number of halogens is 2. The van der Waals surface area contributed by atoms with Gasteiger partial charge in [-0.05, 0) is 6.07 Å². The minimum Gasteiger partial charge on any atom is -0.383 e. The summed E-state index contributed by atoms with van der Waals surface area (Å²) in [6.07, 6.45) is 4.39. The van der Waals surface area contributed by atoms with Crippen LogP contribution in [0.5, 0.6) is 0 Å². The van der Waals surface area contributed by atoms with Crippen molar-refractivity contribution in [3.05, 3.63) is 29.7 Å². The number of aromatic nitrogens is 1. The molecule has 2 nitrogen and oxygen atoms in total. The Hall–Kier alpha value is -1.09. The molecule has 1 aromatic rings. The third-order valence-corrected chi connectivity index (χ3v) is 1.48. The molecule has 2 N–H and O–H groups in total. The highest BCUT2D eigenvalue weighted by Crippen LogP contribution is 2.11. The molecule has 0 aliphatic rings. The standard InChI is InChI=1S/C8H8ClFN2/c9-3-1-2-6-4-7(10)5-12-8(6)11/h1-2,4-5H,3H2,(H2,11,12). The molecule has 1 aromatic heterocycles. The molecule has 0 fully saturated rings. The van der Waals surface area contributed by atoms with Crippen LogP contribution in [0.25, 0.3) is 6.08 Å². The van der Waals surface area contributed by atoms with Crippen molar-refractivity contribution in [2.45, 2.75) is 0 Å². The lowest BCUT2D eigenvalue weighted by Gasteiger charge is -1.97. The van der Waals surface area contributed by atoms with Crippen LogP contribution in [0, 0.1) is 5.82 Å². The number of nitrogens with zero attached hydrogens (tertiary/aromatic N) is 1. The predicted octanol–water partition coefficient (Wildman–Crippen LogP) is 2.05. The molecule has 0 radical (unpaired) electrons. The van der Waals surface area contributed by atoms with Gasteiger partial charge >= 0.3 is 0 Å². The molecule has 64 valence electrons.